The second-order valence-electron chi connectivity index (χ2n) is 4.49. The molecule has 1 heterocycles. The minimum absolute atomic E-state index is 0.0426. The van der Waals surface area contributed by atoms with Crippen molar-refractivity contribution in [1.29, 1.82) is 0 Å². The largest absolute Gasteiger partial charge is 0.326 e. The maximum absolute atomic E-state index is 10.9. The van der Waals surface area contributed by atoms with E-state index in [4.69, 9.17) is 0 Å². The molecule has 0 saturated carbocycles. The Hall–Kier alpha value is -1.65. The summed E-state index contributed by atoms with van der Waals surface area (Å²) in [7, 11) is 0. The Bertz CT molecular complexity index is 546. The average Bonchev–Trinajstić information content (AvgIpc) is 2.77. The van der Waals surface area contributed by atoms with E-state index in [2.05, 4.69) is 29.7 Å². The monoisotopic (exact) mass is 274 g/mol. The van der Waals surface area contributed by atoms with Gasteiger partial charge in [-0.2, -0.15) is 0 Å². The fourth-order valence-corrected chi connectivity index (χ4v) is 2.68. The van der Waals surface area contributed by atoms with Gasteiger partial charge in [0.05, 0.1) is 0 Å². The van der Waals surface area contributed by atoms with Crippen LogP contribution in [-0.4, -0.2) is 5.91 Å². The fourth-order valence-electron chi connectivity index (χ4n) is 1.82. The van der Waals surface area contributed by atoms with Crippen LogP contribution in [0.3, 0.4) is 0 Å². The van der Waals surface area contributed by atoms with E-state index in [1.807, 2.05) is 35.6 Å². The minimum Gasteiger partial charge on any atom is -0.326 e. The van der Waals surface area contributed by atoms with E-state index < -0.39 is 0 Å². The van der Waals surface area contributed by atoms with Crippen molar-refractivity contribution in [3.63, 3.8) is 0 Å². The van der Waals surface area contributed by atoms with E-state index in [-0.39, 0.29) is 5.91 Å². The topological polar surface area (TPSA) is 41.1 Å². The van der Waals surface area contributed by atoms with E-state index in [0.29, 0.717) is 0 Å². The molecular formula is C15H18N2OS. The normalized spacial score (nSPS) is 10.4. The van der Waals surface area contributed by atoms with Gasteiger partial charge in [-0.1, -0.05) is 12.1 Å². The number of thiophene rings is 1. The fraction of sp³-hybridized carbons (Fsp3) is 0.267. The van der Waals surface area contributed by atoms with Crippen molar-refractivity contribution in [2.45, 2.75) is 26.9 Å². The smallest absolute Gasteiger partial charge is 0.221 e. The summed E-state index contributed by atoms with van der Waals surface area (Å²) in [6, 6.07) is 12.2. The first kappa shape index (κ1) is 13.8. The number of anilines is 1. The predicted octanol–water partition coefficient (Wildman–Crippen LogP) is 3.30. The van der Waals surface area contributed by atoms with Crippen LogP contribution < -0.4 is 10.6 Å². The van der Waals surface area contributed by atoms with Crippen LogP contribution in [0.5, 0.6) is 0 Å². The number of hydrogen-bond acceptors (Lipinski definition) is 3. The van der Waals surface area contributed by atoms with Crippen molar-refractivity contribution in [3.05, 3.63) is 51.7 Å². The quantitative estimate of drug-likeness (QED) is 0.878. The molecule has 0 spiro atoms. The second kappa shape index (κ2) is 6.50. The van der Waals surface area contributed by atoms with Gasteiger partial charge in [-0.05, 0) is 36.8 Å². The molecule has 0 aliphatic carbocycles. The summed E-state index contributed by atoms with van der Waals surface area (Å²) in [6.45, 7) is 5.36. The second-order valence-corrected chi connectivity index (χ2v) is 5.87. The van der Waals surface area contributed by atoms with Crippen molar-refractivity contribution in [2.24, 2.45) is 0 Å². The third kappa shape index (κ3) is 4.50. The Morgan fingerprint density at radius 1 is 1.11 bits per heavy atom. The summed E-state index contributed by atoms with van der Waals surface area (Å²) in [5.74, 6) is -0.0426. The zero-order chi connectivity index (χ0) is 13.7. The Kier molecular flexibility index (Phi) is 4.71. The molecule has 1 aromatic carbocycles. The third-order valence-electron chi connectivity index (χ3n) is 2.70. The molecule has 1 aromatic heterocycles. The maximum Gasteiger partial charge on any atom is 0.221 e. The van der Waals surface area contributed by atoms with Gasteiger partial charge in [-0.3, -0.25) is 4.79 Å². The summed E-state index contributed by atoms with van der Waals surface area (Å²) < 4.78 is 0. The van der Waals surface area contributed by atoms with Crippen LogP contribution in [0, 0.1) is 6.92 Å². The number of rotatable bonds is 5. The highest BCUT2D eigenvalue weighted by Crippen LogP contribution is 2.15. The SMILES string of the molecule is CC(=O)Nc1ccc(CNCc2ccc(C)s2)cc1. The van der Waals surface area contributed by atoms with Gasteiger partial charge >= 0.3 is 0 Å². The molecule has 0 saturated heterocycles. The number of nitrogens with one attached hydrogen (secondary N) is 2. The standard InChI is InChI=1S/C15H18N2OS/c1-11-3-8-15(19-11)10-16-9-13-4-6-14(7-5-13)17-12(2)18/h3-8,16H,9-10H2,1-2H3,(H,17,18). The lowest BCUT2D eigenvalue weighted by Crippen LogP contribution is -2.12. The number of benzene rings is 1. The van der Waals surface area contributed by atoms with E-state index in [1.165, 1.54) is 22.2 Å². The van der Waals surface area contributed by atoms with Crippen LogP contribution in [0.2, 0.25) is 0 Å². The highest BCUT2D eigenvalue weighted by Gasteiger charge is 1.98. The summed E-state index contributed by atoms with van der Waals surface area (Å²) in [5.41, 5.74) is 2.05. The van der Waals surface area contributed by atoms with Gasteiger partial charge in [0.1, 0.15) is 0 Å². The molecule has 0 radical (unpaired) electrons. The van der Waals surface area contributed by atoms with Crippen LogP contribution in [0.25, 0.3) is 0 Å². The van der Waals surface area contributed by atoms with Gasteiger partial charge < -0.3 is 10.6 Å². The summed E-state index contributed by atoms with van der Waals surface area (Å²) in [5, 5.41) is 6.17. The van der Waals surface area contributed by atoms with Crippen molar-refractivity contribution in [3.8, 4) is 0 Å². The predicted molar refractivity (Wildman–Crippen MR) is 80.3 cm³/mol. The number of carbonyl (C=O) groups is 1. The van der Waals surface area contributed by atoms with Gasteiger partial charge in [0, 0.05) is 35.5 Å². The molecule has 100 valence electrons. The zero-order valence-corrected chi connectivity index (χ0v) is 12.0. The van der Waals surface area contributed by atoms with E-state index in [0.717, 1.165) is 18.8 Å². The number of aryl methyl sites for hydroxylation is 1. The van der Waals surface area contributed by atoms with Crippen LogP contribution in [0.4, 0.5) is 5.69 Å². The first-order valence-electron chi connectivity index (χ1n) is 6.26. The lowest BCUT2D eigenvalue weighted by molar-refractivity contribution is -0.114. The Balaban J connectivity index is 1.81. The van der Waals surface area contributed by atoms with E-state index >= 15 is 0 Å². The highest BCUT2D eigenvalue weighted by molar-refractivity contribution is 7.11. The third-order valence-corrected chi connectivity index (χ3v) is 3.70. The first-order chi connectivity index (χ1) is 9.13. The number of carbonyl (C=O) groups excluding carboxylic acids is 1. The summed E-state index contributed by atoms with van der Waals surface area (Å²) in [4.78, 5) is 13.6. The molecule has 2 aromatic rings. The lowest BCUT2D eigenvalue weighted by Gasteiger charge is -2.06. The molecule has 1 amide bonds. The lowest BCUT2D eigenvalue weighted by atomic mass is 10.2. The molecule has 2 N–H and O–H groups in total. The van der Waals surface area contributed by atoms with E-state index in [1.54, 1.807) is 0 Å². The molecule has 0 aliphatic rings. The van der Waals surface area contributed by atoms with Crippen molar-refractivity contribution in [1.82, 2.24) is 5.32 Å². The maximum atomic E-state index is 10.9. The van der Waals surface area contributed by atoms with Gasteiger partial charge in [-0.25, -0.2) is 0 Å². The van der Waals surface area contributed by atoms with Crippen LogP contribution in [-0.2, 0) is 17.9 Å². The first-order valence-corrected chi connectivity index (χ1v) is 7.08. The van der Waals surface area contributed by atoms with Gasteiger partial charge in [0.2, 0.25) is 5.91 Å². The Labute approximate surface area is 117 Å². The van der Waals surface area contributed by atoms with E-state index in [9.17, 15) is 4.79 Å². The Morgan fingerprint density at radius 3 is 2.42 bits per heavy atom. The molecule has 0 unspecified atom stereocenters. The zero-order valence-electron chi connectivity index (χ0n) is 11.2. The van der Waals surface area contributed by atoms with Crippen LogP contribution in [0.1, 0.15) is 22.2 Å². The van der Waals surface area contributed by atoms with Gasteiger partial charge in [0.15, 0.2) is 0 Å². The van der Waals surface area contributed by atoms with Crippen molar-refractivity contribution < 1.29 is 4.79 Å². The molecule has 3 nitrogen and oxygen atoms in total. The van der Waals surface area contributed by atoms with Gasteiger partial charge in [-0.15, -0.1) is 11.3 Å². The minimum atomic E-state index is -0.0426. The molecule has 2 rings (SSSR count). The molecule has 19 heavy (non-hydrogen) atoms. The number of amides is 1. The molecule has 4 heteroatoms. The summed E-state index contributed by atoms with van der Waals surface area (Å²) >= 11 is 1.82. The average molecular weight is 274 g/mol. The Morgan fingerprint density at radius 2 is 1.84 bits per heavy atom. The molecule has 0 aliphatic heterocycles. The number of hydrogen-bond donors (Lipinski definition) is 2. The van der Waals surface area contributed by atoms with Gasteiger partial charge in [0.25, 0.3) is 0 Å². The van der Waals surface area contributed by atoms with Crippen molar-refractivity contribution in [2.75, 3.05) is 5.32 Å². The molecule has 0 fully saturated rings. The molecule has 0 bridgehead atoms. The van der Waals surface area contributed by atoms with Crippen LogP contribution >= 0.6 is 11.3 Å². The van der Waals surface area contributed by atoms with Crippen molar-refractivity contribution >= 4 is 22.9 Å². The van der Waals surface area contributed by atoms with Crippen LogP contribution in [0.15, 0.2) is 36.4 Å². The molecular weight excluding hydrogens is 256 g/mol. The summed E-state index contributed by atoms with van der Waals surface area (Å²) in [6.07, 6.45) is 0. The highest BCUT2D eigenvalue weighted by atomic mass is 32.1. The molecule has 0 atom stereocenters.